The Morgan fingerprint density at radius 1 is 1.31 bits per heavy atom. The van der Waals surface area contributed by atoms with E-state index >= 15 is 0 Å². The SMILES string of the molecule is COCC(C)NCCOC1CCCCC1C. The van der Waals surface area contributed by atoms with Crippen LogP contribution in [0.3, 0.4) is 0 Å². The molecular weight excluding hydrogens is 202 g/mol. The van der Waals surface area contributed by atoms with Gasteiger partial charge in [0.15, 0.2) is 0 Å². The summed E-state index contributed by atoms with van der Waals surface area (Å²) in [4.78, 5) is 0. The molecule has 3 heteroatoms. The molecule has 1 fully saturated rings. The van der Waals surface area contributed by atoms with Gasteiger partial charge in [-0.2, -0.15) is 0 Å². The van der Waals surface area contributed by atoms with Crippen LogP contribution in [0.1, 0.15) is 39.5 Å². The molecule has 0 spiro atoms. The fourth-order valence-electron chi connectivity index (χ4n) is 2.35. The largest absolute Gasteiger partial charge is 0.383 e. The van der Waals surface area contributed by atoms with E-state index in [4.69, 9.17) is 9.47 Å². The highest BCUT2D eigenvalue weighted by Gasteiger charge is 2.21. The monoisotopic (exact) mass is 229 g/mol. The summed E-state index contributed by atoms with van der Waals surface area (Å²) in [6, 6.07) is 0.414. The minimum atomic E-state index is 0.414. The van der Waals surface area contributed by atoms with Gasteiger partial charge in [0, 0.05) is 19.7 Å². The van der Waals surface area contributed by atoms with Crippen LogP contribution >= 0.6 is 0 Å². The number of ether oxygens (including phenoxy) is 2. The summed E-state index contributed by atoms with van der Waals surface area (Å²) in [5.74, 6) is 0.741. The Morgan fingerprint density at radius 2 is 2.06 bits per heavy atom. The number of hydrogen-bond acceptors (Lipinski definition) is 3. The second-order valence-corrected chi connectivity index (χ2v) is 4.98. The van der Waals surface area contributed by atoms with Crippen molar-refractivity contribution in [1.29, 1.82) is 0 Å². The van der Waals surface area contributed by atoms with E-state index in [1.54, 1.807) is 7.11 Å². The van der Waals surface area contributed by atoms with Gasteiger partial charge in [-0.05, 0) is 25.7 Å². The van der Waals surface area contributed by atoms with Crippen molar-refractivity contribution in [2.75, 3.05) is 26.9 Å². The van der Waals surface area contributed by atoms with E-state index in [9.17, 15) is 0 Å². The van der Waals surface area contributed by atoms with Crippen molar-refractivity contribution >= 4 is 0 Å². The van der Waals surface area contributed by atoms with Crippen molar-refractivity contribution in [3.63, 3.8) is 0 Å². The van der Waals surface area contributed by atoms with Gasteiger partial charge < -0.3 is 14.8 Å². The van der Waals surface area contributed by atoms with Gasteiger partial charge in [0.2, 0.25) is 0 Å². The van der Waals surface area contributed by atoms with E-state index in [2.05, 4.69) is 19.2 Å². The summed E-state index contributed by atoms with van der Waals surface area (Å²) in [7, 11) is 1.73. The molecule has 0 amide bonds. The number of rotatable bonds is 7. The van der Waals surface area contributed by atoms with Gasteiger partial charge >= 0.3 is 0 Å². The van der Waals surface area contributed by atoms with Crippen molar-refractivity contribution in [3.05, 3.63) is 0 Å². The van der Waals surface area contributed by atoms with Gasteiger partial charge in [0.05, 0.1) is 19.3 Å². The second kappa shape index (κ2) is 8.04. The number of hydrogen-bond donors (Lipinski definition) is 1. The normalized spacial score (nSPS) is 27.9. The third kappa shape index (κ3) is 5.28. The molecule has 3 atom stereocenters. The van der Waals surface area contributed by atoms with Crippen LogP contribution in [-0.2, 0) is 9.47 Å². The van der Waals surface area contributed by atoms with E-state index in [0.717, 1.165) is 25.7 Å². The van der Waals surface area contributed by atoms with Gasteiger partial charge in [-0.3, -0.25) is 0 Å². The highest BCUT2D eigenvalue weighted by molar-refractivity contribution is 4.72. The van der Waals surface area contributed by atoms with E-state index in [-0.39, 0.29) is 0 Å². The second-order valence-electron chi connectivity index (χ2n) is 4.98. The molecule has 1 N–H and O–H groups in total. The molecule has 0 heterocycles. The molecule has 3 unspecified atom stereocenters. The summed E-state index contributed by atoms with van der Waals surface area (Å²) < 4.78 is 11.0. The van der Waals surface area contributed by atoms with Crippen LogP contribution in [-0.4, -0.2) is 39.0 Å². The summed E-state index contributed by atoms with van der Waals surface area (Å²) in [6.07, 6.45) is 5.79. The fraction of sp³-hybridized carbons (Fsp3) is 1.00. The van der Waals surface area contributed by atoms with Crippen molar-refractivity contribution < 1.29 is 9.47 Å². The molecule has 3 nitrogen and oxygen atoms in total. The van der Waals surface area contributed by atoms with Gasteiger partial charge in [0.1, 0.15) is 0 Å². The van der Waals surface area contributed by atoms with Gasteiger partial charge in [-0.25, -0.2) is 0 Å². The molecule has 0 aromatic carbocycles. The molecule has 0 aliphatic heterocycles. The molecule has 0 saturated heterocycles. The highest BCUT2D eigenvalue weighted by Crippen LogP contribution is 2.25. The molecule has 0 bridgehead atoms. The van der Waals surface area contributed by atoms with Crippen molar-refractivity contribution in [2.45, 2.75) is 51.7 Å². The molecule has 0 aromatic rings. The lowest BCUT2D eigenvalue weighted by Crippen LogP contribution is -2.35. The highest BCUT2D eigenvalue weighted by atomic mass is 16.5. The molecule has 16 heavy (non-hydrogen) atoms. The maximum Gasteiger partial charge on any atom is 0.0613 e. The van der Waals surface area contributed by atoms with Crippen LogP contribution in [0.15, 0.2) is 0 Å². The van der Waals surface area contributed by atoms with Crippen molar-refractivity contribution in [2.24, 2.45) is 5.92 Å². The molecule has 0 radical (unpaired) electrons. The quantitative estimate of drug-likeness (QED) is 0.679. The molecule has 1 aliphatic rings. The first-order chi connectivity index (χ1) is 7.74. The minimum Gasteiger partial charge on any atom is -0.383 e. The van der Waals surface area contributed by atoms with Crippen molar-refractivity contribution in [3.8, 4) is 0 Å². The Hall–Kier alpha value is -0.120. The van der Waals surface area contributed by atoms with E-state index in [1.165, 1.54) is 25.7 Å². The standard InChI is InChI=1S/C13H27NO2/c1-11-6-4-5-7-13(11)16-9-8-14-12(2)10-15-3/h11-14H,4-10H2,1-3H3. The average Bonchev–Trinajstić information content (AvgIpc) is 2.27. The lowest BCUT2D eigenvalue weighted by Gasteiger charge is -2.29. The smallest absolute Gasteiger partial charge is 0.0613 e. The topological polar surface area (TPSA) is 30.5 Å². The molecular formula is C13H27NO2. The molecule has 1 aliphatic carbocycles. The zero-order valence-corrected chi connectivity index (χ0v) is 11.0. The van der Waals surface area contributed by atoms with E-state index in [1.807, 2.05) is 0 Å². The first-order valence-electron chi connectivity index (χ1n) is 6.58. The lowest BCUT2D eigenvalue weighted by atomic mass is 9.88. The Labute approximate surface area is 99.9 Å². The first kappa shape index (κ1) is 13.9. The third-order valence-corrected chi connectivity index (χ3v) is 3.38. The summed E-state index contributed by atoms with van der Waals surface area (Å²) in [6.45, 7) is 6.95. The zero-order valence-electron chi connectivity index (χ0n) is 11.0. The van der Waals surface area contributed by atoms with E-state index < -0.39 is 0 Å². The summed E-state index contributed by atoms with van der Waals surface area (Å²) in [5, 5.41) is 3.39. The van der Waals surface area contributed by atoms with Crippen LogP contribution in [0.5, 0.6) is 0 Å². The summed E-state index contributed by atoms with van der Waals surface area (Å²) in [5.41, 5.74) is 0. The van der Waals surface area contributed by atoms with Crippen LogP contribution in [0, 0.1) is 5.92 Å². The van der Waals surface area contributed by atoms with E-state index in [0.29, 0.717) is 12.1 Å². The fourth-order valence-corrected chi connectivity index (χ4v) is 2.35. The van der Waals surface area contributed by atoms with Crippen LogP contribution in [0.4, 0.5) is 0 Å². The van der Waals surface area contributed by atoms with Gasteiger partial charge in [-0.1, -0.05) is 19.8 Å². The molecule has 1 rings (SSSR count). The van der Waals surface area contributed by atoms with Gasteiger partial charge in [0.25, 0.3) is 0 Å². The first-order valence-corrected chi connectivity index (χ1v) is 6.58. The number of methoxy groups -OCH3 is 1. The zero-order chi connectivity index (χ0) is 11.8. The Bertz CT molecular complexity index is 175. The third-order valence-electron chi connectivity index (χ3n) is 3.38. The van der Waals surface area contributed by atoms with Crippen LogP contribution < -0.4 is 5.32 Å². The maximum atomic E-state index is 5.92. The Kier molecular flexibility index (Phi) is 7.01. The van der Waals surface area contributed by atoms with Crippen LogP contribution in [0.2, 0.25) is 0 Å². The average molecular weight is 229 g/mol. The lowest BCUT2D eigenvalue weighted by molar-refractivity contribution is -0.00435. The predicted octanol–water partition coefficient (Wildman–Crippen LogP) is 2.21. The van der Waals surface area contributed by atoms with Gasteiger partial charge in [-0.15, -0.1) is 0 Å². The molecule has 1 saturated carbocycles. The molecule has 0 aromatic heterocycles. The number of nitrogens with one attached hydrogen (secondary N) is 1. The minimum absolute atomic E-state index is 0.414. The predicted molar refractivity (Wildman–Crippen MR) is 66.7 cm³/mol. The Morgan fingerprint density at radius 3 is 2.75 bits per heavy atom. The summed E-state index contributed by atoms with van der Waals surface area (Å²) >= 11 is 0. The van der Waals surface area contributed by atoms with Crippen molar-refractivity contribution in [1.82, 2.24) is 5.32 Å². The Balaban J connectivity index is 2.01. The van der Waals surface area contributed by atoms with Crippen LogP contribution in [0.25, 0.3) is 0 Å². The maximum absolute atomic E-state index is 5.92. The molecule has 96 valence electrons.